The number of hydrogen-bond acceptors (Lipinski definition) is 9. The Hall–Kier alpha value is -4.32. The Labute approximate surface area is 218 Å². The van der Waals surface area contributed by atoms with Gasteiger partial charge in [0.15, 0.2) is 17.2 Å². The molecule has 0 saturated carbocycles. The lowest BCUT2D eigenvalue weighted by Gasteiger charge is -2.25. The first-order chi connectivity index (χ1) is 18.4. The highest BCUT2D eigenvalue weighted by atomic mass is 19.1. The number of hydrogen-bond donors (Lipinski definition) is 2. The molecule has 0 radical (unpaired) electrons. The van der Waals surface area contributed by atoms with Crippen LogP contribution in [0, 0.1) is 5.82 Å². The SMILES string of the molecule is CN=C/C(=C\N)c1cnc2ccc(=Nc3cc(OC)cc(OC)c3F)n(CC3CCC(=O)N3CCO)c2n1. The van der Waals surface area contributed by atoms with E-state index in [-0.39, 0.29) is 36.5 Å². The lowest BCUT2D eigenvalue weighted by molar-refractivity contribution is -0.129. The number of halogens is 1. The summed E-state index contributed by atoms with van der Waals surface area (Å²) in [6.45, 7) is 0.360. The summed E-state index contributed by atoms with van der Waals surface area (Å²) in [4.78, 5) is 32.1. The number of pyridine rings is 1. The minimum atomic E-state index is -0.648. The van der Waals surface area contributed by atoms with Gasteiger partial charge in [0.25, 0.3) is 0 Å². The molecule has 3 N–H and O–H groups in total. The third-order valence-corrected chi connectivity index (χ3v) is 6.32. The van der Waals surface area contributed by atoms with Crippen molar-refractivity contribution in [1.82, 2.24) is 19.4 Å². The lowest BCUT2D eigenvalue weighted by atomic mass is 10.2. The van der Waals surface area contributed by atoms with Gasteiger partial charge in [0, 0.05) is 56.7 Å². The topological polar surface area (TPSA) is 140 Å². The number of fused-ring (bicyclic) bond motifs is 1. The van der Waals surface area contributed by atoms with Crippen molar-refractivity contribution in [3.05, 3.63) is 53.7 Å². The second-order valence-corrected chi connectivity index (χ2v) is 8.55. The molecule has 12 heteroatoms. The van der Waals surface area contributed by atoms with Gasteiger partial charge >= 0.3 is 0 Å². The molecule has 38 heavy (non-hydrogen) atoms. The van der Waals surface area contributed by atoms with E-state index < -0.39 is 5.82 Å². The number of amides is 1. The summed E-state index contributed by atoms with van der Waals surface area (Å²) in [7, 11) is 4.46. The first-order valence-electron chi connectivity index (χ1n) is 12.0. The standard InChI is InChI=1S/C26H30FN7O4/c1-29-13-16(12-28)21-14-30-19-5-6-23(31-20-10-18(37-2)11-22(38-3)25(20)27)34(26(19)32-21)15-17-4-7-24(36)33(17)8-9-35/h5-6,10-14,17,35H,4,7-9,15,28H2,1-3H3/b16-12+,29-13?,31-23?. The van der Waals surface area contributed by atoms with Crippen molar-refractivity contribution >= 4 is 34.5 Å². The number of methoxy groups -OCH3 is 2. The van der Waals surface area contributed by atoms with Crippen LogP contribution in [0.2, 0.25) is 0 Å². The molecule has 3 heterocycles. The smallest absolute Gasteiger partial charge is 0.223 e. The van der Waals surface area contributed by atoms with Crippen LogP contribution in [-0.4, -0.2) is 77.1 Å². The number of likely N-dealkylation sites (tertiary alicyclic amines) is 1. The highest BCUT2D eigenvalue weighted by molar-refractivity contribution is 6.08. The number of aliphatic hydroxyl groups is 1. The normalized spacial score (nSPS) is 16.7. The Kier molecular flexibility index (Phi) is 8.31. The fourth-order valence-corrected chi connectivity index (χ4v) is 4.45. The van der Waals surface area contributed by atoms with Crippen molar-refractivity contribution in [2.75, 3.05) is 34.4 Å². The molecule has 1 atom stereocenters. The van der Waals surface area contributed by atoms with Crippen LogP contribution in [0.4, 0.5) is 10.1 Å². The van der Waals surface area contributed by atoms with Gasteiger partial charge in [-0.3, -0.25) is 14.8 Å². The predicted molar refractivity (Wildman–Crippen MR) is 141 cm³/mol. The number of carbonyl (C=O) groups excluding carboxylic acids is 1. The first kappa shape index (κ1) is 26.7. The van der Waals surface area contributed by atoms with E-state index in [0.29, 0.717) is 53.1 Å². The van der Waals surface area contributed by atoms with Gasteiger partial charge in [-0.25, -0.2) is 14.4 Å². The summed E-state index contributed by atoms with van der Waals surface area (Å²) >= 11 is 0. The summed E-state index contributed by atoms with van der Waals surface area (Å²) < 4.78 is 27.5. The second-order valence-electron chi connectivity index (χ2n) is 8.55. The number of β-amino-alcohol motifs (C(OH)–C–C–N with tert-alkyl or cyclic N) is 1. The van der Waals surface area contributed by atoms with Crippen molar-refractivity contribution in [2.24, 2.45) is 15.7 Å². The maximum atomic E-state index is 15.2. The molecule has 1 aliphatic rings. The van der Waals surface area contributed by atoms with Crippen molar-refractivity contribution < 1.29 is 23.8 Å². The van der Waals surface area contributed by atoms with Crippen molar-refractivity contribution in [3.63, 3.8) is 0 Å². The van der Waals surface area contributed by atoms with E-state index >= 15 is 4.39 Å². The Balaban J connectivity index is 1.97. The summed E-state index contributed by atoms with van der Waals surface area (Å²) in [5.74, 6) is -0.315. The third kappa shape index (κ3) is 5.35. The van der Waals surface area contributed by atoms with Crippen LogP contribution in [-0.2, 0) is 11.3 Å². The molecule has 2 aromatic heterocycles. The largest absolute Gasteiger partial charge is 0.497 e. The van der Waals surface area contributed by atoms with Crippen molar-refractivity contribution in [1.29, 1.82) is 0 Å². The second kappa shape index (κ2) is 11.8. The minimum Gasteiger partial charge on any atom is -0.497 e. The molecule has 1 amide bonds. The number of ether oxygens (including phenoxy) is 2. The number of nitrogens with zero attached hydrogens (tertiary/aromatic N) is 6. The van der Waals surface area contributed by atoms with Crippen LogP contribution in [0.15, 0.2) is 46.6 Å². The average Bonchev–Trinajstić information content (AvgIpc) is 3.28. The van der Waals surface area contributed by atoms with E-state index in [9.17, 15) is 9.90 Å². The van der Waals surface area contributed by atoms with E-state index in [2.05, 4.69) is 15.0 Å². The van der Waals surface area contributed by atoms with Crippen molar-refractivity contribution in [3.8, 4) is 11.5 Å². The van der Waals surface area contributed by atoms with E-state index in [0.717, 1.165) is 0 Å². The fourth-order valence-electron chi connectivity index (χ4n) is 4.45. The van der Waals surface area contributed by atoms with Gasteiger partial charge in [-0.2, -0.15) is 0 Å². The van der Waals surface area contributed by atoms with E-state index in [4.69, 9.17) is 20.2 Å². The Morgan fingerprint density at radius 3 is 2.82 bits per heavy atom. The maximum Gasteiger partial charge on any atom is 0.223 e. The first-order valence-corrected chi connectivity index (χ1v) is 12.0. The van der Waals surface area contributed by atoms with Gasteiger partial charge in [-0.05, 0) is 18.6 Å². The van der Waals surface area contributed by atoms with Gasteiger partial charge in [-0.1, -0.05) is 0 Å². The number of carbonyl (C=O) groups is 1. The third-order valence-electron chi connectivity index (χ3n) is 6.32. The predicted octanol–water partition coefficient (Wildman–Crippen LogP) is 1.80. The Morgan fingerprint density at radius 2 is 2.13 bits per heavy atom. The molecule has 0 spiro atoms. The number of rotatable bonds is 9. The zero-order valence-electron chi connectivity index (χ0n) is 21.5. The van der Waals surface area contributed by atoms with Gasteiger partial charge in [0.1, 0.15) is 22.4 Å². The highest BCUT2D eigenvalue weighted by Gasteiger charge is 2.31. The quantitative estimate of drug-likeness (QED) is 0.408. The minimum absolute atomic E-state index is 0.00813. The van der Waals surface area contributed by atoms with Crippen LogP contribution in [0.25, 0.3) is 16.7 Å². The Bertz CT molecular complexity index is 1470. The fraction of sp³-hybridized carbons (Fsp3) is 0.346. The van der Waals surface area contributed by atoms with E-state index in [1.165, 1.54) is 32.6 Å². The number of aliphatic imine (C=N–C) groups is 1. The van der Waals surface area contributed by atoms with Crippen LogP contribution in [0.1, 0.15) is 18.5 Å². The maximum absolute atomic E-state index is 15.2. The molecule has 1 aliphatic heterocycles. The van der Waals surface area contributed by atoms with E-state index in [1.54, 1.807) is 41.1 Å². The molecular formula is C26H30FN7O4. The molecule has 1 saturated heterocycles. The number of aromatic nitrogens is 3. The summed E-state index contributed by atoms with van der Waals surface area (Å²) in [6, 6.07) is 6.13. The zero-order valence-corrected chi connectivity index (χ0v) is 21.5. The average molecular weight is 524 g/mol. The molecule has 1 fully saturated rings. The molecule has 200 valence electrons. The number of benzene rings is 1. The van der Waals surface area contributed by atoms with Crippen LogP contribution in [0.5, 0.6) is 11.5 Å². The number of nitrogens with two attached hydrogens (primary N) is 1. The molecule has 1 unspecified atom stereocenters. The summed E-state index contributed by atoms with van der Waals surface area (Å²) in [5.41, 5.74) is 8.27. The van der Waals surface area contributed by atoms with Gasteiger partial charge in [-0.15, -0.1) is 0 Å². The molecule has 0 aliphatic carbocycles. The molecule has 1 aromatic carbocycles. The lowest BCUT2D eigenvalue weighted by Crippen LogP contribution is -2.40. The molecule has 0 bridgehead atoms. The van der Waals surface area contributed by atoms with Gasteiger partial charge in [0.05, 0.1) is 38.8 Å². The summed E-state index contributed by atoms with van der Waals surface area (Å²) in [5, 5.41) is 9.52. The van der Waals surface area contributed by atoms with Gasteiger partial charge < -0.3 is 29.8 Å². The molecule has 4 rings (SSSR count). The van der Waals surface area contributed by atoms with E-state index in [1.807, 2.05) is 0 Å². The van der Waals surface area contributed by atoms with Crippen LogP contribution in [0.3, 0.4) is 0 Å². The molecule has 11 nitrogen and oxygen atoms in total. The monoisotopic (exact) mass is 523 g/mol. The van der Waals surface area contributed by atoms with Crippen LogP contribution < -0.4 is 20.7 Å². The Morgan fingerprint density at radius 1 is 1.32 bits per heavy atom. The number of allylic oxidation sites excluding steroid dienone is 1. The highest BCUT2D eigenvalue weighted by Crippen LogP contribution is 2.32. The molecular weight excluding hydrogens is 493 g/mol. The van der Waals surface area contributed by atoms with Crippen molar-refractivity contribution in [2.45, 2.75) is 25.4 Å². The summed E-state index contributed by atoms with van der Waals surface area (Å²) in [6.07, 6.45) is 5.51. The van der Waals surface area contributed by atoms with Crippen LogP contribution >= 0.6 is 0 Å². The molecule has 3 aromatic rings. The number of aliphatic hydroxyl groups excluding tert-OH is 1. The van der Waals surface area contributed by atoms with Gasteiger partial charge in [0.2, 0.25) is 5.91 Å². The zero-order chi connectivity index (χ0) is 27.2.